The second-order valence-electron chi connectivity index (χ2n) is 3.34. The van der Waals surface area contributed by atoms with Crippen molar-refractivity contribution in [2.45, 2.75) is 6.61 Å². The third kappa shape index (κ3) is 2.75. The molecule has 18 heavy (non-hydrogen) atoms. The fraction of sp³-hybridized carbons (Fsp3) is 0.0909. The summed E-state index contributed by atoms with van der Waals surface area (Å²) in [6.07, 6.45) is 1.46. The standard InChI is InChI=1S/C11H7Cl2NO4/c12-6-3-8(11(15)16)10(9(13)4-6)17-5-7-1-2-14-18-7/h1-4H,5H2,(H,15,16). The molecule has 5 nitrogen and oxygen atoms in total. The van der Waals surface area contributed by atoms with Gasteiger partial charge in [0.1, 0.15) is 12.2 Å². The number of nitrogens with zero attached hydrogens (tertiary/aromatic N) is 1. The Morgan fingerprint density at radius 1 is 1.44 bits per heavy atom. The molecule has 0 aliphatic heterocycles. The number of rotatable bonds is 4. The van der Waals surface area contributed by atoms with Crippen molar-refractivity contribution in [2.75, 3.05) is 0 Å². The molecule has 2 aromatic rings. The van der Waals surface area contributed by atoms with E-state index in [1.165, 1.54) is 18.3 Å². The first kappa shape index (κ1) is 12.7. The van der Waals surface area contributed by atoms with Crippen LogP contribution in [0.4, 0.5) is 0 Å². The monoisotopic (exact) mass is 287 g/mol. The smallest absolute Gasteiger partial charge is 0.339 e. The van der Waals surface area contributed by atoms with Crippen molar-refractivity contribution in [3.63, 3.8) is 0 Å². The number of hydrogen-bond acceptors (Lipinski definition) is 4. The number of aromatic nitrogens is 1. The average Bonchev–Trinajstić information content (AvgIpc) is 2.79. The maximum Gasteiger partial charge on any atom is 0.339 e. The predicted octanol–water partition coefficient (Wildman–Crippen LogP) is 3.26. The maximum absolute atomic E-state index is 11.1. The first-order valence-electron chi connectivity index (χ1n) is 4.82. The molecule has 94 valence electrons. The summed E-state index contributed by atoms with van der Waals surface area (Å²) in [6, 6.07) is 4.28. The molecule has 1 aromatic carbocycles. The van der Waals surface area contributed by atoms with Crippen LogP contribution in [-0.4, -0.2) is 16.2 Å². The molecule has 0 amide bonds. The van der Waals surface area contributed by atoms with Crippen LogP contribution in [0.1, 0.15) is 16.1 Å². The highest BCUT2D eigenvalue weighted by atomic mass is 35.5. The Kier molecular flexibility index (Phi) is 3.74. The van der Waals surface area contributed by atoms with Gasteiger partial charge < -0.3 is 14.4 Å². The summed E-state index contributed by atoms with van der Waals surface area (Å²) >= 11 is 11.6. The van der Waals surface area contributed by atoms with Crippen LogP contribution in [0, 0.1) is 0 Å². The number of carboxylic acid groups (broad SMARTS) is 1. The fourth-order valence-corrected chi connectivity index (χ4v) is 1.87. The number of hydrogen-bond donors (Lipinski definition) is 1. The van der Waals surface area contributed by atoms with Crippen molar-refractivity contribution in [3.05, 3.63) is 45.8 Å². The lowest BCUT2D eigenvalue weighted by molar-refractivity contribution is 0.0691. The molecule has 0 atom stereocenters. The van der Waals surface area contributed by atoms with Gasteiger partial charge in [-0.15, -0.1) is 0 Å². The highest BCUT2D eigenvalue weighted by molar-refractivity contribution is 6.36. The summed E-state index contributed by atoms with van der Waals surface area (Å²) in [5.41, 5.74) is -0.105. The molecule has 0 saturated heterocycles. The number of aromatic carboxylic acids is 1. The molecular formula is C11H7Cl2NO4. The Morgan fingerprint density at radius 2 is 2.22 bits per heavy atom. The van der Waals surface area contributed by atoms with E-state index in [1.54, 1.807) is 6.07 Å². The molecule has 0 radical (unpaired) electrons. The van der Waals surface area contributed by atoms with E-state index in [2.05, 4.69) is 5.16 Å². The zero-order valence-electron chi connectivity index (χ0n) is 8.89. The SMILES string of the molecule is O=C(O)c1cc(Cl)cc(Cl)c1OCc1ccno1. The van der Waals surface area contributed by atoms with Gasteiger partial charge in [0.15, 0.2) is 11.5 Å². The van der Waals surface area contributed by atoms with Crippen LogP contribution in [0.5, 0.6) is 5.75 Å². The largest absolute Gasteiger partial charge is 0.483 e. The molecule has 0 fully saturated rings. The summed E-state index contributed by atoms with van der Waals surface area (Å²) in [5.74, 6) is -0.672. The van der Waals surface area contributed by atoms with E-state index in [1.807, 2.05) is 0 Å². The van der Waals surface area contributed by atoms with Crippen molar-refractivity contribution < 1.29 is 19.2 Å². The van der Waals surface area contributed by atoms with E-state index in [-0.39, 0.29) is 28.0 Å². The van der Waals surface area contributed by atoms with E-state index in [0.717, 1.165) is 0 Å². The summed E-state index contributed by atoms with van der Waals surface area (Å²) in [6.45, 7) is 0.0294. The van der Waals surface area contributed by atoms with E-state index in [9.17, 15) is 4.79 Å². The van der Waals surface area contributed by atoms with E-state index >= 15 is 0 Å². The minimum atomic E-state index is -1.17. The van der Waals surface area contributed by atoms with Gasteiger partial charge in [0.2, 0.25) is 0 Å². The lowest BCUT2D eigenvalue weighted by Gasteiger charge is -2.10. The molecule has 0 bridgehead atoms. The molecule has 1 N–H and O–H groups in total. The second-order valence-corrected chi connectivity index (χ2v) is 4.18. The van der Waals surface area contributed by atoms with Gasteiger partial charge in [0, 0.05) is 11.1 Å². The summed E-state index contributed by atoms with van der Waals surface area (Å²) < 4.78 is 10.2. The van der Waals surface area contributed by atoms with Crippen LogP contribution in [0.25, 0.3) is 0 Å². The number of carboxylic acids is 1. The summed E-state index contributed by atoms with van der Waals surface area (Å²) in [4.78, 5) is 11.1. The van der Waals surface area contributed by atoms with Crippen LogP contribution >= 0.6 is 23.2 Å². The molecule has 0 spiro atoms. The van der Waals surface area contributed by atoms with E-state index in [4.69, 9.17) is 37.6 Å². The van der Waals surface area contributed by atoms with Gasteiger partial charge in [-0.05, 0) is 12.1 Å². The minimum absolute atomic E-state index is 0.0294. The van der Waals surface area contributed by atoms with E-state index in [0.29, 0.717) is 5.76 Å². The lowest BCUT2D eigenvalue weighted by Crippen LogP contribution is -2.04. The minimum Gasteiger partial charge on any atom is -0.483 e. The first-order chi connectivity index (χ1) is 8.58. The highest BCUT2D eigenvalue weighted by Crippen LogP contribution is 2.33. The van der Waals surface area contributed by atoms with Crippen molar-refractivity contribution >= 4 is 29.2 Å². The quantitative estimate of drug-likeness (QED) is 0.934. The highest BCUT2D eigenvalue weighted by Gasteiger charge is 2.17. The van der Waals surface area contributed by atoms with Crippen LogP contribution in [-0.2, 0) is 6.61 Å². The zero-order valence-corrected chi connectivity index (χ0v) is 10.4. The third-order valence-electron chi connectivity index (χ3n) is 2.09. The first-order valence-corrected chi connectivity index (χ1v) is 5.58. The maximum atomic E-state index is 11.1. The zero-order chi connectivity index (χ0) is 13.1. The third-order valence-corrected chi connectivity index (χ3v) is 2.59. The average molecular weight is 288 g/mol. The molecule has 0 aliphatic carbocycles. The van der Waals surface area contributed by atoms with Crippen LogP contribution in [0.2, 0.25) is 10.0 Å². The summed E-state index contributed by atoms with van der Waals surface area (Å²) in [5, 5.41) is 12.9. The number of benzene rings is 1. The van der Waals surface area contributed by atoms with Gasteiger partial charge in [-0.1, -0.05) is 28.4 Å². The van der Waals surface area contributed by atoms with Gasteiger partial charge in [-0.3, -0.25) is 0 Å². The normalized spacial score (nSPS) is 10.3. The Labute approximate surface area is 112 Å². The molecular weight excluding hydrogens is 281 g/mol. The van der Waals surface area contributed by atoms with Gasteiger partial charge in [-0.2, -0.15) is 0 Å². The molecule has 7 heteroatoms. The molecule has 0 aliphatic rings. The Hall–Kier alpha value is -1.72. The lowest BCUT2D eigenvalue weighted by atomic mass is 10.2. The Morgan fingerprint density at radius 3 is 2.83 bits per heavy atom. The molecule has 2 rings (SSSR count). The topological polar surface area (TPSA) is 72.6 Å². The van der Waals surface area contributed by atoms with Gasteiger partial charge in [-0.25, -0.2) is 4.79 Å². The molecule has 0 unspecified atom stereocenters. The molecule has 0 saturated carbocycles. The molecule has 1 heterocycles. The van der Waals surface area contributed by atoms with Crippen LogP contribution in [0.15, 0.2) is 28.9 Å². The second kappa shape index (κ2) is 5.29. The predicted molar refractivity (Wildman–Crippen MR) is 64.3 cm³/mol. The van der Waals surface area contributed by atoms with Crippen LogP contribution in [0.3, 0.4) is 0 Å². The van der Waals surface area contributed by atoms with Gasteiger partial charge >= 0.3 is 5.97 Å². The number of halogens is 2. The number of ether oxygens (including phenoxy) is 1. The van der Waals surface area contributed by atoms with E-state index < -0.39 is 5.97 Å². The number of carbonyl (C=O) groups is 1. The van der Waals surface area contributed by atoms with Crippen molar-refractivity contribution in [1.29, 1.82) is 0 Å². The molecule has 1 aromatic heterocycles. The van der Waals surface area contributed by atoms with Crippen LogP contribution < -0.4 is 4.74 Å². The van der Waals surface area contributed by atoms with Gasteiger partial charge in [0.25, 0.3) is 0 Å². The van der Waals surface area contributed by atoms with Gasteiger partial charge in [0.05, 0.1) is 11.2 Å². The van der Waals surface area contributed by atoms with Crippen molar-refractivity contribution in [2.24, 2.45) is 0 Å². The fourth-order valence-electron chi connectivity index (χ4n) is 1.33. The van der Waals surface area contributed by atoms with Crippen molar-refractivity contribution in [3.8, 4) is 5.75 Å². The Bertz CT molecular complexity index is 569. The summed E-state index contributed by atoms with van der Waals surface area (Å²) in [7, 11) is 0. The van der Waals surface area contributed by atoms with Crippen molar-refractivity contribution in [1.82, 2.24) is 5.16 Å². The Balaban J connectivity index is 2.28.